The van der Waals surface area contributed by atoms with E-state index in [1.807, 2.05) is 36.4 Å². The number of amides is 2. The third-order valence-corrected chi connectivity index (χ3v) is 5.19. The highest BCUT2D eigenvalue weighted by atomic mass is 32.1. The minimum absolute atomic E-state index is 0.164. The maximum absolute atomic E-state index is 12.6. The van der Waals surface area contributed by atoms with Crippen molar-refractivity contribution < 1.29 is 14.3 Å². The van der Waals surface area contributed by atoms with Crippen LogP contribution in [0.5, 0.6) is 5.75 Å². The Balaban J connectivity index is 1.49. The average molecular weight is 476 g/mol. The summed E-state index contributed by atoms with van der Waals surface area (Å²) >= 11 is 5.27. The quantitative estimate of drug-likeness (QED) is 0.372. The molecule has 34 heavy (non-hydrogen) atoms. The highest BCUT2D eigenvalue weighted by Crippen LogP contribution is 2.15. The first kappa shape index (κ1) is 24.9. The zero-order valence-electron chi connectivity index (χ0n) is 19.3. The number of anilines is 1. The van der Waals surface area contributed by atoms with Crippen LogP contribution in [0.4, 0.5) is 5.69 Å². The van der Waals surface area contributed by atoms with E-state index in [1.165, 1.54) is 0 Å². The zero-order chi connectivity index (χ0) is 24.3. The molecule has 0 bridgehead atoms. The highest BCUT2D eigenvalue weighted by Gasteiger charge is 2.10. The summed E-state index contributed by atoms with van der Waals surface area (Å²) in [6.45, 7) is 5.33. The summed E-state index contributed by atoms with van der Waals surface area (Å²) in [6, 6.07) is 23.6. The van der Waals surface area contributed by atoms with Gasteiger partial charge in [-0.3, -0.25) is 14.9 Å². The van der Waals surface area contributed by atoms with E-state index >= 15 is 0 Å². The van der Waals surface area contributed by atoms with Gasteiger partial charge in [0.1, 0.15) is 5.75 Å². The van der Waals surface area contributed by atoms with Gasteiger partial charge in [0, 0.05) is 23.4 Å². The number of carbonyl (C=O) groups excluding carboxylic acids is 2. The van der Waals surface area contributed by atoms with Crippen LogP contribution in [0.25, 0.3) is 0 Å². The Morgan fingerprint density at radius 2 is 1.62 bits per heavy atom. The van der Waals surface area contributed by atoms with Crippen molar-refractivity contribution in [2.45, 2.75) is 26.8 Å². The van der Waals surface area contributed by atoms with Crippen molar-refractivity contribution in [3.05, 3.63) is 95.6 Å². The molecule has 3 aromatic carbocycles. The van der Waals surface area contributed by atoms with Gasteiger partial charge in [0.05, 0.1) is 6.61 Å². The van der Waals surface area contributed by atoms with Crippen LogP contribution in [-0.4, -0.2) is 23.5 Å². The molecule has 0 fully saturated rings. The highest BCUT2D eigenvalue weighted by molar-refractivity contribution is 7.80. The number of rotatable bonds is 9. The van der Waals surface area contributed by atoms with Crippen LogP contribution in [0.3, 0.4) is 0 Å². The van der Waals surface area contributed by atoms with Crippen molar-refractivity contribution in [3.63, 3.8) is 0 Å². The third-order valence-electron chi connectivity index (χ3n) is 4.99. The van der Waals surface area contributed by atoms with Gasteiger partial charge < -0.3 is 15.4 Å². The first-order valence-corrected chi connectivity index (χ1v) is 11.6. The van der Waals surface area contributed by atoms with E-state index in [-0.39, 0.29) is 16.9 Å². The second-order valence-electron chi connectivity index (χ2n) is 8.21. The Hall–Kier alpha value is -3.71. The second-order valence-corrected chi connectivity index (χ2v) is 8.62. The number of thiocarbonyl (C=S) groups is 1. The summed E-state index contributed by atoms with van der Waals surface area (Å²) in [5.41, 5.74) is 2.68. The molecule has 3 rings (SSSR count). The van der Waals surface area contributed by atoms with Gasteiger partial charge in [0.2, 0.25) is 0 Å². The molecule has 0 heterocycles. The molecule has 0 aromatic heterocycles. The molecule has 6 nitrogen and oxygen atoms in total. The molecule has 0 spiro atoms. The Morgan fingerprint density at radius 3 is 2.32 bits per heavy atom. The van der Waals surface area contributed by atoms with Gasteiger partial charge in [0.25, 0.3) is 11.8 Å². The topological polar surface area (TPSA) is 79.5 Å². The van der Waals surface area contributed by atoms with Crippen LogP contribution in [0, 0.1) is 5.92 Å². The normalized spacial score (nSPS) is 10.4. The van der Waals surface area contributed by atoms with Crippen molar-refractivity contribution in [1.82, 2.24) is 10.6 Å². The van der Waals surface area contributed by atoms with Gasteiger partial charge in [0.15, 0.2) is 5.11 Å². The van der Waals surface area contributed by atoms with Crippen LogP contribution in [0.2, 0.25) is 0 Å². The molecule has 7 heteroatoms. The lowest BCUT2D eigenvalue weighted by Gasteiger charge is -2.12. The Morgan fingerprint density at radius 1 is 0.882 bits per heavy atom. The number of carbonyl (C=O) groups is 2. The summed E-state index contributed by atoms with van der Waals surface area (Å²) in [6.07, 6.45) is 0.942. The summed E-state index contributed by atoms with van der Waals surface area (Å²) in [5, 5.41) is 8.69. The SMILES string of the molecule is CC(C)CCOc1cccc(C(=O)NC(=S)Nc2ccc(C(=O)NCc3ccccc3)cc2)c1. The Kier molecular flexibility index (Phi) is 9.17. The molecule has 0 unspecified atom stereocenters. The number of hydrogen-bond donors (Lipinski definition) is 3. The van der Waals surface area contributed by atoms with E-state index in [2.05, 4.69) is 29.8 Å². The molecule has 0 radical (unpaired) electrons. The predicted octanol–water partition coefficient (Wildman–Crippen LogP) is 5.17. The number of nitrogens with one attached hydrogen (secondary N) is 3. The van der Waals surface area contributed by atoms with Gasteiger partial charge in [-0.05, 0) is 72.6 Å². The molecule has 0 aliphatic carbocycles. The molecular weight excluding hydrogens is 446 g/mol. The monoisotopic (exact) mass is 475 g/mol. The van der Waals surface area contributed by atoms with Crippen molar-refractivity contribution in [2.75, 3.05) is 11.9 Å². The molecule has 3 N–H and O–H groups in total. The van der Waals surface area contributed by atoms with Crippen molar-refractivity contribution in [1.29, 1.82) is 0 Å². The lowest BCUT2D eigenvalue weighted by molar-refractivity contribution is 0.0948. The van der Waals surface area contributed by atoms with E-state index in [0.717, 1.165) is 12.0 Å². The van der Waals surface area contributed by atoms with E-state index < -0.39 is 0 Å². The van der Waals surface area contributed by atoms with Gasteiger partial charge in [-0.1, -0.05) is 50.2 Å². The lowest BCUT2D eigenvalue weighted by Crippen LogP contribution is -2.34. The zero-order valence-corrected chi connectivity index (χ0v) is 20.2. The predicted molar refractivity (Wildman–Crippen MR) is 139 cm³/mol. The molecule has 0 saturated carbocycles. The summed E-state index contributed by atoms with van der Waals surface area (Å²) in [7, 11) is 0. The molecule has 0 saturated heterocycles. The van der Waals surface area contributed by atoms with Crippen molar-refractivity contribution in [3.8, 4) is 5.75 Å². The van der Waals surface area contributed by atoms with E-state index in [1.54, 1.807) is 42.5 Å². The molecule has 3 aromatic rings. The largest absolute Gasteiger partial charge is 0.494 e. The molecular formula is C27H29N3O3S. The number of hydrogen-bond acceptors (Lipinski definition) is 4. The standard InChI is InChI=1S/C27H29N3O3S/c1-19(2)15-16-33-24-10-6-9-22(17-24)26(32)30-27(34)29-23-13-11-21(12-14-23)25(31)28-18-20-7-4-3-5-8-20/h3-14,17,19H,15-16,18H2,1-2H3,(H,28,31)(H2,29,30,32,34). The molecule has 0 aliphatic rings. The maximum Gasteiger partial charge on any atom is 0.257 e. The van der Waals surface area contributed by atoms with E-state index in [9.17, 15) is 9.59 Å². The van der Waals surface area contributed by atoms with Gasteiger partial charge in [-0.2, -0.15) is 0 Å². The fraction of sp³-hybridized carbons (Fsp3) is 0.222. The lowest BCUT2D eigenvalue weighted by atomic mass is 10.1. The van der Waals surface area contributed by atoms with Crippen LogP contribution < -0.4 is 20.7 Å². The van der Waals surface area contributed by atoms with Crippen LogP contribution in [0.15, 0.2) is 78.9 Å². The van der Waals surface area contributed by atoms with E-state index in [0.29, 0.717) is 41.6 Å². The molecule has 0 atom stereocenters. The Bertz CT molecular complexity index is 1120. The third kappa shape index (κ3) is 8.01. The maximum atomic E-state index is 12.6. The molecule has 176 valence electrons. The first-order chi connectivity index (χ1) is 16.4. The van der Waals surface area contributed by atoms with E-state index in [4.69, 9.17) is 17.0 Å². The summed E-state index contributed by atoms with van der Waals surface area (Å²) in [4.78, 5) is 24.9. The summed E-state index contributed by atoms with van der Waals surface area (Å²) in [5.74, 6) is 0.700. The van der Waals surface area contributed by atoms with Gasteiger partial charge in [-0.15, -0.1) is 0 Å². The minimum atomic E-state index is -0.330. The first-order valence-electron chi connectivity index (χ1n) is 11.2. The second kappa shape index (κ2) is 12.5. The molecule has 2 amide bonds. The Labute approximate surface area is 205 Å². The van der Waals surface area contributed by atoms with Crippen LogP contribution >= 0.6 is 12.2 Å². The van der Waals surface area contributed by atoms with Gasteiger partial charge in [-0.25, -0.2) is 0 Å². The number of ether oxygens (including phenoxy) is 1. The van der Waals surface area contributed by atoms with Gasteiger partial charge >= 0.3 is 0 Å². The minimum Gasteiger partial charge on any atom is -0.494 e. The summed E-state index contributed by atoms with van der Waals surface area (Å²) < 4.78 is 5.72. The smallest absolute Gasteiger partial charge is 0.257 e. The van der Waals surface area contributed by atoms with Crippen molar-refractivity contribution in [2.24, 2.45) is 5.92 Å². The fourth-order valence-electron chi connectivity index (χ4n) is 3.06. The van der Waals surface area contributed by atoms with Crippen LogP contribution in [0.1, 0.15) is 46.5 Å². The molecule has 0 aliphatic heterocycles. The number of benzene rings is 3. The van der Waals surface area contributed by atoms with Crippen LogP contribution in [-0.2, 0) is 6.54 Å². The van der Waals surface area contributed by atoms with Crippen molar-refractivity contribution >= 4 is 34.8 Å². The average Bonchev–Trinajstić information content (AvgIpc) is 2.83. The fourth-order valence-corrected chi connectivity index (χ4v) is 3.27.